The van der Waals surface area contributed by atoms with Crippen LogP contribution in [0, 0.1) is 11.3 Å². The zero-order valence-corrected chi connectivity index (χ0v) is 28.9. The summed E-state index contributed by atoms with van der Waals surface area (Å²) in [5.41, 5.74) is -0.274. The van der Waals surface area contributed by atoms with Crippen LogP contribution in [-0.4, -0.2) is 79.3 Å². The summed E-state index contributed by atoms with van der Waals surface area (Å²) in [4.78, 5) is 58.2. The second-order valence-corrected chi connectivity index (χ2v) is 16.8. The Hall–Kier alpha value is -3.61. The molecule has 3 aliphatic carbocycles. The summed E-state index contributed by atoms with van der Waals surface area (Å²) in [6.07, 6.45) is 5.34. The van der Waals surface area contributed by atoms with Crippen molar-refractivity contribution in [2.45, 2.75) is 114 Å². The molecule has 4 amide bonds. The van der Waals surface area contributed by atoms with Crippen LogP contribution in [0.4, 0.5) is 10.5 Å². The second-order valence-electron chi connectivity index (χ2n) is 14.9. The molecule has 258 valence electrons. The number of ether oxygens (including phenoxy) is 1. The molecule has 3 saturated carbocycles. The minimum absolute atomic E-state index is 0.0595. The summed E-state index contributed by atoms with van der Waals surface area (Å²) in [5, 5.41) is 5.00. The average molecular weight is 672 g/mol. The predicted octanol–water partition coefficient (Wildman–Crippen LogP) is 3.54. The molecule has 0 spiro atoms. The van der Waals surface area contributed by atoms with Crippen molar-refractivity contribution in [3.8, 4) is 0 Å². The lowest BCUT2D eigenvalue weighted by molar-refractivity contribution is -0.142. The van der Waals surface area contributed by atoms with Gasteiger partial charge in [-0.3, -0.25) is 19.1 Å². The molecule has 13 heteroatoms. The van der Waals surface area contributed by atoms with Gasteiger partial charge in [0.05, 0.1) is 11.9 Å². The molecule has 1 aromatic carbocycles. The standard InChI is InChI=1S/C34H49N5O7S/c1-7-23-18-34(23,31(42)37-47(44,45)26-16-17-26)36-29(40)27-19-38(24-14-12-22(13-15-24)21(2)3)20-39(27)30(41)28(33(4,5)6)35-32(43)46-25-10-8-9-11-25/h7,12-15,21,23,25-28H,1,8-11,16-20H2,2-6H3,(H,35,43)(H,36,40)(H,37,42)/t23-,27+,28-,34-/m1/s1. The van der Waals surface area contributed by atoms with Crippen molar-refractivity contribution in [1.82, 2.24) is 20.3 Å². The Morgan fingerprint density at radius 1 is 1.04 bits per heavy atom. The van der Waals surface area contributed by atoms with Crippen molar-refractivity contribution in [2.24, 2.45) is 11.3 Å². The SMILES string of the molecule is C=C[C@@H]1C[C@]1(NC(=O)[C@@H]1CN(c2ccc(C(C)C)cc2)CN1C(=O)[C@@H](NC(=O)OC1CCCC1)C(C)(C)C)C(=O)NS(=O)(=O)C1CC1. The molecule has 0 aromatic heterocycles. The zero-order chi connectivity index (χ0) is 34.3. The smallest absolute Gasteiger partial charge is 0.408 e. The third-order valence-corrected chi connectivity index (χ3v) is 11.6. The second kappa shape index (κ2) is 13.1. The third kappa shape index (κ3) is 7.60. The molecule has 0 radical (unpaired) electrons. The van der Waals surface area contributed by atoms with Crippen LogP contribution in [-0.2, 0) is 29.1 Å². The normalized spacial score (nSPS) is 25.3. The van der Waals surface area contributed by atoms with Crippen molar-refractivity contribution >= 4 is 39.5 Å². The van der Waals surface area contributed by atoms with Crippen molar-refractivity contribution in [1.29, 1.82) is 0 Å². The van der Waals surface area contributed by atoms with Crippen LogP contribution >= 0.6 is 0 Å². The first kappa shape index (κ1) is 34.7. The molecule has 0 unspecified atom stereocenters. The van der Waals surface area contributed by atoms with E-state index in [2.05, 4.69) is 35.8 Å². The van der Waals surface area contributed by atoms with Gasteiger partial charge in [0.15, 0.2) is 0 Å². The van der Waals surface area contributed by atoms with Gasteiger partial charge in [-0.1, -0.05) is 52.8 Å². The van der Waals surface area contributed by atoms with Gasteiger partial charge in [-0.15, -0.1) is 6.58 Å². The van der Waals surface area contributed by atoms with E-state index in [1.54, 1.807) is 0 Å². The summed E-state index contributed by atoms with van der Waals surface area (Å²) >= 11 is 0. The van der Waals surface area contributed by atoms with E-state index in [0.29, 0.717) is 18.8 Å². The van der Waals surface area contributed by atoms with Gasteiger partial charge in [-0.25, -0.2) is 13.2 Å². The van der Waals surface area contributed by atoms with Crippen LogP contribution < -0.4 is 20.3 Å². The molecule has 47 heavy (non-hydrogen) atoms. The topological polar surface area (TPSA) is 154 Å². The van der Waals surface area contributed by atoms with Gasteiger partial charge < -0.3 is 25.2 Å². The van der Waals surface area contributed by atoms with Crippen molar-refractivity contribution in [3.05, 3.63) is 42.5 Å². The van der Waals surface area contributed by atoms with E-state index in [0.717, 1.165) is 36.9 Å². The Balaban J connectivity index is 1.40. The fourth-order valence-corrected chi connectivity index (χ4v) is 7.86. The molecule has 4 aliphatic rings. The number of alkyl carbamates (subject to hydrolysis) is 1. The Bertz CT molecular complexity index is 1500. The van der Waals surface area contributed by atoms with Crippen LogP contribution in [0.2, 0.25) is 0 Å². The number of hydrogen-bond donors (Lipinski definition) is 3. The molecule has 1 heterocycles. The number of carbonyl (C=O) groups is 4. The number of sulfonamides is 1. The monoisotopic (exact) mass is 671 g/mol. The molecule has 1 saturated heterocycles. The first-order valence-corrected chi connectivity index (χ1v) is 18.2. The predicted molar refractivity (Wildman–Crippen MR) is 178 cm³/mol. The van der Waals surface area contributed by atoms with Crippen molar-refractivity contribution < 1.29 is 32.3 Å². The fourth-order valence-electron chi connectivity index (χ4n) is 6.50. The summed E-state index contributed by atoms with van der Waals surface area (Å²) in [7, 11) is -3.85. The number of carbonyl (C=O) groups excluding carboxylic acids is 4. The van der Waals surface area contributed by atoms with Gasteiger partial charge in [0.1, 0.15) is 23.7 Å². The van der Waals surface area contributed by atoms with Crippen LogP contribution in [0.3, 0.4) is 0 Å². The Kier molecular flexibility index (Phi) is 9.69. The Morgan fingerprint density at radius 3 is 2.21 bits per heavy atom. The Morgan fingerprint density at radius 2 is 1.68 bits per heavy atom. The molecule has 5 rings (SSSR count). The third-order valence-electron chi connectivity index (χ3n) is 9.80. The van der Waals surface area contributed by atoms with Gasteiger partial charge in [-0.2, -0.15) is 0 Å². The van der Waals surface area contributed by atoms with E-state index in [-0.39, 0.29) is 25.7 Å². The number of nitrogens with one attached hydrogen (secondary N) is 3. The zero-order valence-electron chi connectivity index (χ0n) is 28.1. The summed E-state index contributed by atoms with van der Waals surface area (Å²) in [5.74, 6) is -2.01. The maximum absolute atomic E-state index is 14.4. The lowest BCUT2D eigenvalue weighted by Crippen LogP contribution is -2.60. The molecule has 12 nitrogen and oxygen atoms in total. The average Bonchev–Trinajstić information content (AvgIpc) is 3.88. The molecule has 0 bridgehead atoms. The molecule has 3 N–H and O–H groups in total. The maximum Gasteiger partial charge on any atom is 0.408 e. The lowest BCUT2D eigenvalue weighted by Gasteiger charge is -2.35. The van der Waals surface area contributed by atoms with Gasteiger partial charge >= 0.3 is 6.09 Å². The van der Waals surface area contributed by atoms with E-state index >= 15 is 0 Å². The largest absolute Gasteiger partial charge is 0.446 e. The van der Waals surface area contributed by atoms with Gasteiger partial charge in [-0.05, 0) is 74.0 Å². The summed E-state index contributed by atoms with van der Waals surface area (Å²) in [6.45, 7) is 13.6. The molecular formula is C34H49N5O7S. The van der Waals surface area contributed by atoms with E-state index in [1.165, 1.54) is 11.0 Å². The first-order valence-electron chi connectivity index (χ1n) is 16.7. The highest BCUT2D eigenvalue weighted by Gasteiger charge is 2.62. The number of hydrogen-bond acceptors (Lipinski definition) is 8. The molecule has 4 atom stereocenters. The summed E-state index contributed by atoms with van der Waals surface area (Å²) in [6, 6.07) is 5.86. The number of amides is 4. The number of nitrogens with zero attached hydrogens (tertiary/aromatic N) is 2. The van der Waals surface area contributed by atoms with Gasteiger partial charge in [0.25, 0.3) is 5.91 Å². The van der Waals surface area contributed by atoms with Crippen LogP contribution in [0.15, 0.2) is 36.9 Å². The highest BCUT2D eigenvalue weighted by Crippen LogP contribution is 2.45. The van der Waals surface area contributed by atoms with Crippen molar-refractivity contribution in [3.63, 3.8) is 0 Å². The van der Waals surface area contributed by atoms with Crippen LogP contribution in [0.25, 0.3) is 0 Å². The highest BCUT2D eigenvalue weighted by atomic mass is 32.2. The Labute approximate surface area is 278 Å². The molecule has 1 aliphatic heterocycles. The van der Waals surface area contributed by atoms with E-state index in [9.17, 15) is 27.6 Å². The first-order chi connectivity index (χ1) is 22.1. The lowest BCUT2D eigenvalue weighted by atomic mass is 9.85. The van der Waals surface area contributed by atoms with Crippen LogP contribution in [0.1, 0.15) is 91.0 Å². The molecule has 1 aromatic rings. The number of benzene rings is 1. The maximum atomic E-state index is 14.4. The fraction of sp³-hybridized carbons (Fsp3) is 0.647. The quantitative estimate of drug-likeness (QED) is 0.302. The minimum atomic E-state index is -3.85. The minimum Gasteiger partial charge on any atom is -0.446 e. The van der Waals surface area contributed by atoms with E-state index in [4.69, 9.17) is 4.74 Å². The van der Waals surface area contributed by atoms with Gasteiger partial charge in [0, 0.05) is 18.2 Å². The molecular weight excluding hydrogens is 622 g/mol. The van der Waals surface area contributed by atoms with E-state index in [1.807, 2.05) is 49.9 Å². The van der Waals surface area contributed by atoms with Gasteiger partial charge in [0.2, 0.25) is 21.8 Å². The number of anilines is 1. The van der Waals surface area contributed by atoms with Crippen LogP contribution in [0.5, 0.6) is 0 Å². The highest BCUT2D eigenvalue weighted by molar-refractivity contribution is 7.91. The summed E-state index contributed by atoms with van der Waals surface area (Å²) < 4.78 is 33.0. The van der Waals surface area contributed by atoms with E-state index < -0.39 is 68.0 Å². The molecule has 4 fully saturated rings. The number of rotatable bonds is 11. The van der Waals surface area contributed by atoms with Crippen molar-refractivity contribution in [2.75, 3.05) is 18.1 Å².